The second-order valence-electron chi connectivity index (χ2n) is 4.99. The number of aromatic amines is 1. The van der Waals surface area contributed by atoms with Crippen molar-refractivity contribution in [3.63, 3.8) is 0 Å². The first kappa shape index (κ1) is 9.40. The van der Waals surface area contributed by atoms with E-state index in [1.165, 1.54) is 56.6 Å². The first-order valence-electron chi connectivity index (χ1n) is 6.17. The summed E-state index contributed by atoms with van der Waals surface area (Å²) >= 11 is 0. The highest BCUT2D eigenvalue weighted by Gasteiger charge is 2.26. The Kier molecular flexibility index (Phi) is 2.49. The molecule has 0 atom stereocenters. The molecule has 1 aliphatic carbocycles. The second kappa shape index (κ2) is 3.97. The van der Waals surface area contributed by atoms with Gasteiger partial charge in [-0.3, -0.25) is 5.10 Å². The molecule has 1 aromatic heterocycles. The number of rotatable bonds is 3. The largest absolute Gasteiger partial charge is 0.317 e. The van der Waals surface area contributed by atoms with Gasteiger partial charge in [0.05, 0.1) is 5.69 Å². The molecule has 0 radical (unpaired) electrons. The van der Waals surface area contributed by atoms with Crippen molar-refractivity contribution in [3.8, 4) is 0 Å². The van der Waals surface area contributed by atoms with Crippen LogP contribution in [0.2, 0.25) is 0 Å². The Morgan fingerprint density at radius 3 is 2.73 bits per heavy atom. The van der Waals surface area contributed by atoms with Crippen molar-refractivity contribution in [1.82, 2.24) is 15.5 Å². The van der Waals surface area contributed by atoms with Gasteiger partial charge in [0, 0.05) is 11.6 Å². The normalized spacial score (nSPS) is 23.2. The highest BCUT2D eigenvalue weighted by atomic mass is 15.1. The average Bonchev–Trinajstić information content (AvgIpc) is 3.02. The van der Waals surface area contributed by atoms with Crippen LogP contribution in [-0.4, -0.2) is 23.3 Å². The molecular weight excluding hydrogens is 186 g/mol. The quantitative estimate of drug-likeness (QED) is 0.790. The van der Waals surface area contributed by atoms with Gasteiger partial charge >= 0.3 is 0 Å². The lowest BCUT2D eigenvalue weighted by atomic mass is 9.93. The van der Waals surface area contributed by atoms with Crippen LogP contribution in [0, 0.1) is 5.92 Å². The SMILES string of the molecule is c1c(C2CC2)n[nH]c1CC1CCNCC1. The predicted molar refractivity (Wildman–Crippen MR) is 59.9 cm³/mol. The van der Waals surface area contributed by atoms with Gasteiger partial charge in [0.25, 0.3) is 0 Å². The fraction of sp³-hybridized carbons (Fsp3) is 0.750. The van der Waals surface area contributed by atoms with E-state index < -0.39 is 0 Å². The van der Waals surface area contributed by atoms with Gasteiger partial charge < -0.3 is 5.32 Å². The van der Waals surface area contributed by atoms with Crippen LogP contribution in [0.3, 0.4) is 0 Å². The summed E-state index contributed by atoms with van der Waals surface area (Å²) in [6.45, 7) is 2.38. The number of aromatic nitrogens is 2. The van der Waals surface area contributed by atoms with Crippen LogP contribution in [0.4, 0.5) is 0 Å². The zero-order chi connectivity index (χ0) is 10.1. The van der Waals surface area contributed by atoms with Crippen LogP contribution in [0.5, 0.6) is 0 Å². The molecule has 0 aromatic carbocycles. The molecule has 1 saturated carbocycles. The maximum Gasteiger partial charge on any atom is 0.0655 e. The van der Waals surface area contributed by atoms with Gasteiger partial charge in [0.15, 0.2) is 0 Å². The summed E-state index contributed by atoms with van der Waals surface area (Å²) in [5, 5.41) is 11.0. The lowest BCUT2D eigenvalue weighted by Crippen LogP contribution is -2.28. The molecule has 2 aliphatic rings. The molecule has 3 rings (SSSR count). The summed E-state index contributed by atoms with van der Waals surface area (Å²) in [6.07, 6.45) is 6.52. The highest BCUT2D eigenvalue weighted by molar-refractivity contribution is 5.17. The molecular formula is C12H19N3. The average molecular weight is 205 g/mol. The molecule has 1 aliphatic heterocycles. The van der Waals surface area contributed by atoms with Crippen LogP contribution in [0.1, 0.15) is 43.0 Å². The Hall–Kier alpha value is -0.830. The van der Waals surface area contributed by atoms with Crippen molar-refractivity contribution in [3.05, 3.63) is 17.5 Å². The Balaban J connectivity index is 1.60. The lowest BCUT2D eigenvalue weighted by Gasteiger charge is -2.21. The van der Waals surface area contributed by atoms with E-state index in [-0.39, 0.29) is 0 Å². The van der Waals surface area contributed by atoms with Crippen LogP contribution in [0.15, 0.2) is 6.07 Å². The van der Waals surface area contributed by atoms with Crippen LogP contribution in [-0.2, 0) is 6.42 Å². The molecule has 3 nitrogen and oxygen atoms in total. The summed E-state index contributed by atoms with van der Waals surface area (Å²) in [5.41, 5.74) is 2.66. The minimum absolute atomic E-state index is 0.781. The summed E-state index contributed by atoms with van der Waals surface area (Å²) in [6, 6.07) is 2.29. The molecule has 2 heterocycles. The molecule has 15 heavy (non-hydrogen) atoms. The maximum absolute atomic E-state index is 4.40. The first-order valence-corrected chi connectivity index (χ1v) is 6.17. The minimum Gasteiger partial charge on any atom is -0.317 e. The molecule has 0 amide bonds. The van der Waals surface area contributed by atoms with Gasteiger partial charge in [-0.05, 0) is 57.2 Å². The summed E-state index contributed by atoms with van der Waals surface area (Å²) < 4.78 is 0. The standard InChI is InChI=1S/C12H19N3/c1-2-10(1)12-8-11(14-15-12)7-9-3-5-13-6-4-9/h8-10,13H,1-7H2,(H,14,15). The molecule has 0 unspecified atom stereocenters. The van der Waals surface area contributed by atoms with Gasteiger partial charge in [0.2, 0.25) is 0 Å². The Morgan fingerprint density at radius 2 is 2.00 bits per heavy atom. The Bertz CT molecular complexity index is 321. The van der Waals surface area contributed by atoms with Crippen molar-refractivity contribution in [2.75, 3.05) is 13.1 Å². The number of H-pyrrole nitrogens is 1. The van der Waals surface area contributed by atoms with Gasteiger partial charge in [-0.1, -0.05) is 0 Å². The second-order valence-corrected chi connectivity index (χ2v) is 4.99. The van der Waals surface area contributed by atoms with Crippen molar-refractivity contribution in [2.24, 2.45) is 5.92 Å². The van der Waals surface area contributed by atoms with Gasteiger partial charge in [-0.2, -0.15) is 5.10 Å². The number of nitrogens with zero attached hydrogens (tertiary/aromatic N) is 1. The maximum atomic E-state index is 4.40. The smallest absolute Gasteiger partial charge is 0.0655 e. The van der Waals surface area contributed by atoms with Crippen molar-refractivity contribution < 1.29 is 0 Å². The van der Waals surface area contributed by atoms with E-state index in [0.717, 1.165) is 11.8 Å². The van der Waals surface area contributed by atoms with E-state index >= 15 is 0 Å². The molecule has 1 saturated heterocycles. The number of hydrogen-bond donors (Lipinski definition) is 2. The molecule has 2 fully saturated rings. The van der Waals surface area contributed by atoms with Crippen molar-refractivity contribution >= 4 is 0 Å². The zero-order valence-corrected chi connectivity index (χ0v) is 9.13. The molecule has 1 aromatic rings. The highest BCUT2D eigenvalue weighted by Crippen LogP contribution is 2.39. The van der Waals surface area contributed by atoms with E-state index in [4.69, 9.17) is 0 Å². The predicted octanol–water partition coefficient (Wildman–Crippen LogP) is 1.83. The molecule has 0 bridgehead atoms. The lowest BCUT2D eigenvalue weighted by molar-refractivity contribution is 0.370. The minimum atomic E-state index is 0.781. The third-order valence-electron chi connectivity index (χ3n) is 3.61. The van der Waals surface area contributed by atoms with E-state index in [2.05, 4.69) is 21.6 Å². The number of nitrogens with one attached hydrogen (secondary N) is 2. The Morgan fingerprint density at radius 1 is 1.20 bits per heavy atom. The van der Waals surface area contributed by atoms with Crippen LogP contribution in [0.25, 0.3) is 0 Å². The fourth-order valence-corrected chi connectivity index (χ4v) is 2.47. The molecule has 3 heteroatoms. The van der Waals surface area contributed by atoms with Crippen LogP contribution < -0.4 is 5.32 Å². The number of hydrogen-bond acceptors (Lipinski definition) is 2. The third-order valence-corrected chi connectivity index (χ3v) is 3.61. The molecule has 82 valence electrons. The van der Waals surface area contributed by atoms with E-state index in [9.17, 15) is 0 Å². The van der Waals surface area contributed by atoms with Crippen molar-refractivity contribution in [2.45, 2.75) is 38.0 Å². The fourth-order valence-electron chi connectivity index (χ4n) is 2.47. The Labute approximate surface area is 90.7 Å². The monoisotopic (exact) mass is 205 g/mol. The number of piperidine rings is 1. The molecule has 2 N–H and O–H groups in total. The summed E-state index contributed by atoms with van der Waals surface area (Å²) in [5.74, 6) is 1.64. The van der Waals surface area contributed by atoms with E-state index in [1.54, 1.807) is 0 Å². The topological polar surface area (TPSA) is 40.7 Å². The van der Waals surface area contributed by atoms with Gasteiger partial charge in [-0.15, -0.1) is 0 Å². The van der Waals surface area contributed by atoms with Gasteiger partial charge in [-0.25, -0.2) is 0 Å². The van der Waals surface area contributed by atoms with Crippen LogP contribution >= 0.6 is 0 Å². The van der Waals surface area contributed by atoms with E-state index in [1.807, 2.05) is 0 Å². The summed E-state index contributed by atoms with van der Waals surface area (Å²) in [7, 11) is 0. The first-order chi connectivity index (χ1) is 7.42. The van der Waals surface area contributed by atoms with E-state index in [0.29, 0.717) is 0 Å². The van der Waals surface area contributed by atoms with Crippen molar-refractivity contribution in [1.29, 1.82) is 0 Å². The van der Waals surface area contributed by atoms with Gasteiger partial charge in [0.1, 0.15) is 0 Å². The molecule has 0 spiro atoms. The zero-order valence-electron chi connectivity index (χ0n) is 9.13. The third kappa shape index (κ3) is 2.23. The summed E-state index contributed by atoms with van der Waals surface area (Å²) in [4.78, 5) is 0.